The van der Waals surface area contributed by atoms with Crippen molar-refractivity contribution in [1.29, 1.82) is 0 Å². The van der Waals surface area contributed by atoms with Crippen LogP contribution in [0.1, 0.15) is 39.0 Å². The van der Waals surface area contributed by atoms with Crippen LogP contribution in [0, 0.1) is 0 Å². The molecule has 0 aromatic heterocycles. The fraction of sp³-hybridized carbons (Fsp3) is 0.909. The van der Waals surface area contributed by atoms with Gasteiger partial charge in [0.2, 0.25) is 0 Å². The van der Waals surface area contributed by atoms with Gasteiger partial charge in [-0.05, 0) is 19.8 Å². The van der Waals surface area contributed by atoms with Crippen molar-refractivity contribution in [3.8, 4) is 0 Å². The van der Waals surface area contributed by atoms with Gasteiger partial charge in [0.05, 0.1) is 0 Å². The van der Waals surface area contributed by atoms with Crippen LogP contribution < -0.4 is 0 Å². The van der Waals surface area contributed by atoms with Crippen molar-refractivity contribution in [2.75, 3.05) is 20.3 Å². The molecule has 0 spiro atoms. The van der Waals surface area contributed by atoms with E-state index in [0.717, 1.165) is 25.7 Å². The summed E-state index contributed by atoms with van der Waals surface area (Å²) in [7, 11) is 1.56. The van der Waals surface area contributed by atoms with Crippen molar-refractivity contribution in [2.45, 2.75) is 44.6 Å². The Morgan fingerprint density at radius 2 is 1.93 bits per heavy atom. The molecule has 0 radical (unpaired) electrons. The van der Waals surface area contributed by atoms with Crippen molar-refractivity contribution >= 4 is 5.78 Å². The largest absolute Gasteiger partial charge is 0.377 e. The monoisotopic (exact) mass is 200 g/mol. The quantitative estimate of drug-likeness (QED) is 0.680. The highest BCUT2D eigenvalue weighted by atomic mass is 16.5. The van der Waals surface area contributed by atoms with E-state index in [4.69, 9.17) is 9.47 Å². The Hall–Kier alpha value is -0.410. The second-order valence-corrected chi connectivity index (χ2v) is 3.84. The van der Waals surface area contributed by atoms with Gasteiger partial charge in [-0.1, -0.05) is 19.3 Å². The number of ether oxygens (including phenoxy) is 2. The lowest BCUT2D eigenvalue weighted by atomic mass is 9.81. The van der Waals surface area contributed by atoms with E-state index in [1.54, 1.807) is 7.11 Å². The Kier molecular flexibility index (Phi) is 4.55. The Balaban J connectivity index is 2.63. The molecule has 0 saturated heterocycles. The van der Waals surface area contributed by atoms with Crippen LogP contribution in [0.5, 0.6) is 0 Å². The van der Waals surface area contributed by atoms with Gasteiger partial charge in [0, 0.05) is 13.7 Å². The standard InChI is InChI=1S/C11H20O3/c1-3-14-11(10(12)9-13-2)7-5-4-6-8-11/h3-9H2,1-2H3. The molecule has 0 atom stereocenters. The van der Waals surface area contributed by atoms with Crippen LogP contribution in [0.2, 0.25) is 0 Å². The van der Waals surface area contributed by atoms with Crippen molar-refractivity contribution in [1.82, 2.24) is 0 Å². The zero-order valence-electron chi connectivity index (χ0n) is 9.17. The van der Waals surface area contributed by atoms with E-state index >= 15 is 0 Å². The van der Waals surface area contributed by atoms with Gasteiger partial charge < -0.3 is 9.47 Å². The van der Waals surface area contributed by atoms with Gasteiger partial charge in [-0.15, -0.1) is 0 Å². The number of carbonyl (C=O) groups excluding carboxylic acids is 1. The van der Waals surface area contributed by atoms with Crippen molar-refractivity contribution < 1.29 is 14.3 Å². The van der Waals surface area contributed by atoms with Gasteiger partial charge in [0.1, 0.15) is 12.2 Å². The molecule has 3 heteroatoms. The summed E-state index contributed by atoms with van der Waals surface area (Å²) >= 11 is 0. The minimum Gasteiger partial charge on any atom is -0.377 e. The van der Waals surface area contributed by atoms with Crippen molar-refractivity contribution in [3.05, 3.63) is 0 Å². The number of Topliss-reactive ketones (excluding diaryl/α,β-unsaturated/α-hetero) is 1. The molecule has 0 aliphatic heterocycles. The molecule has 0 unspecified atom stereocenters. The Morgan fingerprint density at radius 3 is 2.43 bits per heavy atom. The number of carbonyl (C=O) groups is 1. The molecule has 14 heavy (non-hydrogen) atoms. The van der Waals surface area contributed by atoms with Crippen molar-refractivity contribution in [2.24, 2.45) is 0 Å². The summed E-state index contributed by atoms with van der Waals surface area (Å²) in [5.74, 6) is 0.113. The topological polar surface area (TPSA) is 35.5 Å². The smallest absolute Gasteiger partial charge is 0.190 e. The van der Waals surface area contributed by atoms with Crippen LogP contribution in [-0.4, -0.2) is 31.7 Å². The Labute approximate surface area is 85.8 Å². The van der Waals surface area contributed by atoms with E-state index in [2.05, 4.69) is 0 Å². The molecular formula is C11H20O3. The number of ketones is 1. The molecule has 1 fully saturated rings. The summed E-state index contributed by atoms with van der Waals surface area (Å²) in [4.78, 5) is 11.9. The molecule has 1 rings (SSSR count). The van der Waals surface area contributed by atoms with E-state index in [0.29, 0.717) is 6.61 Å². The zero-order valence-corrected chi connectivity index (χ0v) is 9.17. The van der Waals surface area contributed by atoms with Gasteiger partial charge in [-0.25, -0.2) is 0 Å². The SMILES string of the molecule is CCOC1(C(=O)COC)CCCCC1. The summed E-state index contributed by atoms with van der Waals surface area (Å²) in [5.41, 5.74) is -0.525. The van der Waals surface area contributed by atoms with Gasteiger partial charge >= 0.3 is 0 Å². The maximum Gasteiger partial charge on any atom is 0.190 e. The molecule has 0 heterocycles. The van der Waals surface area contributed by atoms with E-state index < -0.39 is 5.60 Å². The molecule has 0 aromatic rings. The molecule has 1 aliphatic rings. The predicted octanol–water partition coefficient (Wildman–Crippen LogP) is 1.94. The third kappa shape index (κ3) is 2.55. The minimum absolute atomic E-state index is 0.113. The van der Waals surface area contributed by atoms with E-state index in [1.165, 1.54) is 6.42 Å². The Bertz CT molecular complexity index is 177. The van der Waals surface area contributed by atoms with Gasteiger partial charge in [0.25, 0.3) is 0 Å². The van der Waals surface area contributed by atoms with Gasteiger partial charge in [-0.3, -0.25) is 4.79 Å². The summed E-state index contributed by atoms with van der Waals surface area (Å²) in [6.45, 7) is 2.73. The maximum atomic E-state index is 11.9. The van der Waals surface area contributed by atoms with Crippen LogP contribution in [0.15, 0.2) is 0 Å². The normalized spacial score (nSPS) is 20.7. The highest BCUT2D eigenvalue weighted by Crippen LogP contribution is 2.32. The predicted molar refractivity (Wildman–Crippen MR) is 54.3 cm³/mol. The van der Waals surface area contributed by atoms with E-state index in [1.807, 2.05) is 6.92 Å². The lowest BCUT2D eigenvalue weighted by Gasteiger charge is -2.35. The first-order chi connectivity index (χ1) is 6.75. The number of methoxy groups -OCH3 is 1. The number of rotatable bonds is 5. The van der Waals surface area contributed by atoms with Gasteiger partial charge in [-0.2, -0.15) is 0 Å². The third-order valence-corrected chi connectivity index (χ3v) is 2.87. The molecule has 1 aliphatic carbocycles. The van der Waals surface area contributed by atoms with Crippen LogP contribution >= 0.6 is 0 Å². The third-order valence-electron chi connectivity index (χ3n) is 2.87. The first-order valence-electron chi connectivity index (χ1n) is 5.41. The molecule has 0 N–H and O–H groups in total. The molecule has 1 saturated carbocycles. The average molecular weight is 200 g/mol. The second-order valence-electron chi connectivity index (χ2n) is 3.84. The zero-order chi connectivity index (χ0) is 10.4. The summed E-state index contributed by atoms with van der Waals surface area (Å²) in [5, 5.41) is 0. The minimum atomic E-state index is -0.525. The average Bonchev–Trinajstić information content (AvgIpc) is 2.20. The first-order valence-corrected chi connectivity index (χ1v) is 5.41. The number of hydrogen-bond acceptors (Lipinski definition) is 3. The van der Waals surface area contributed by atoms with Crippen LogP contribution in [0.3, 0.4) is 0 Å². The van der Waals surface area contributed by atoms with Crippen LogP contribution in [-0.2, 0) is 14.3 Å². The summed E-state index contributed by atoms with van der Waals surface area (Å²) in [6, 6.07) is 0. The molecular weight excluding hydrogens is 180 g/mol. The molecule has 82 valence electrons. The van der Waals surface area contributed by atoms with E-state index in [9.17, 15) is 4.79 Å². The molecule has 0 aromatic carbocycles. The van der Waals surface area contributed by atoms with Gasteiger partial charge in [0.15, 0.2) is 5.78 Å². The molecule has 0 bridgehead atoms. The van der Waals surface area contributed by atoms with Crippen molar-refractivity contribution in [3.63, 3.8) is 0 Å². The lowest BCUT2D eigenvalue weighted by molar-refractivity contribution is -0.152. The van der Waals surface area contributed by atoms with Crippen LogP contribution in [0.4, 0.5) is 0 Å². The fourth-order valence-electron chi connectivity index (χ4n) is 2.17. The van der Waals surface area contributed by atoms with Crippen LogP contribution in [0.25, 0.3) is 0 Å². The Morgan fingerprint density at radius 1 is 1.29 bits per heavy atom. The molecule has 0 amide bonds. The first kappa shape index (κ1) is 11.7. The highest BCUT2D eigenvalue weighted by molar-refractivity contribution is 5.88. The number of hydrogen-bond donors (Lipinski definition) is 0. The second kappa shape index (κ2) is 5.47. The van der Waals surface area contributed by atoms with E-state index in [-0.39, 0.29) is 12.4 Å². The lowest BCUT2D eigenvalue weighted by Crippen LogP contribution is -2.45. The highest BCUT2D eigenvalue weighted by Gasteiger charge is 2.39. The summed E-state index contributed by atoms with van der Waals surface area (Å²) < 4.78 is 10.6. The maximum absolute atomic E-state index is 11.9. The summed E-state index contributed by atoms with van der Waals surface area (Å²) in [6.07, 6.45) is 5.13. The fourth-order valence-corrected chi connectivity index (χ4v) is 2.17. The molecule has 3 nitrogen and oxygen atoms in total.